The second kappa shape index (κ2) is 9.04. The van der Waals surface area contributed by atoms with Gasteiger partial charge in [-0.2, -0.15) is 0 Å². The van der Waals surface area contributed by atoms with Gasteiger partial charge in [-0.1, -0.05) is 50.2 Å². The number of hydrogen-bond donors (Lipinski definition) is 2. The number of para-hydroxylation sites is 2. The molecule has 2 N–H and O–H groups in total. The molecule has 1 atom stereocenters. The van der Waals surface area contributed by atoms with Gasteiger partial charge in [-0.25, -0.2) is 4.98 Å². The molecule has 0 saturated carbocycles. The molecule has 31 heavy (non-hydrogen) atoms. The van der Waals surface area contributed by atoms with E-state index in [-0.39, 0.29) is 12.5 Å². The van der Waals surface area contributed by atoms with E-state index in [0.717, 1.165) is 40.1 Å². The number of ether oxygens (including phenoxy) is 1. The van der Waals surface area contributed by atoms with E-state index in [0.29, 0.717) is 11.7 Å². The zero-order valence-electron chi connectivity index (χ0n) is 18.1. The maximum Gasteiger partial charge on any atom is 0.262 e. The van der Waals surface area contributed by atoms with Gasteiger partial charge in [0.15, 0.2) is 6.61 Å². The Morgan fingerprint density at radius 2 is 1.87 bits per heavy atom. The molecule has 0 fully saturated rings. The second-order valence-corrected chi connectivity index (χ2v) is 7.85. The molecule has 0 radical (unpaired) electrons. The van der Waals surface area contributed by atoms with Gasteiger partial charge in [0, 0.05) is 11.3 Å². The van der Waals surface area contributed by atoms with E-state index in [9.17, 15) is 4.79 Å². The van der Waals surface area contributed by atoms with Gasteiger partial charge in [0.25, 0.3) is 5.91 Å². The molecule has 5 heteroatoms. The van der Waals surface area contributed by atoms with E-state index >= 15 is 0 Å². The third kappa shape index (κ3) is 4.77. The monoisotopic (exact) mass is 413 g/mol. The van der Waals surface area contributed by atoms with Crippen LogP contribution in [0, 0.1) is 6.92 Å². The average Bonchev–Trinajstić information content (AvgIpc) is 3.23. The van der Waals surface area contributed by atoms with Gasteiger partial charge in [-0.15, -0.1) is 0 Å². The van der Waals surface area contributed by atoms with Crippen molar-refractivity contribution in [2.24, 2.45) is 0 Å². The molecule has 1 unspecified atom stereocenters. The van der Waals surface area contributed by atoms with E-state index in [1.54, 1.807) is 0 Å². The normalized spacial score (nSPS) is 12.0. The number of aryl methyl sites for hydroxylation is 1. The Balaban J connectivity index is 1.42. The molecule has 0 saturated heterocycles. The fraction of sp³-hybridized carbons (Fsp3) is 0.231. The number of hydrogen-bond acceptors (Lipinski definition) is 3. The Morgan fingerprint density at radius 1 is 1.10 bits per heavy atom. The van der Waals surface area contributed by atoms with Crippen molar-refractivity contribution in [3.8, 4) is 17.1 Å². The van der Waals surface area contributed by atoms with Crippen molar-refractivity contribution < 1.29 is 9.53 Å². The molecule has 5 nitrogen and oxygen atoms in total. The molecule has 3 aromatic carbocycles. The number of imidazole rings is 1. The Bertz CT molecular complexity index is 1160. The van der Waals surface area contributed by atoms with E-state index in [1.165, 1.54) is 5.56 Å². The highest BCUT2D eigenvalue weighted by molar-refractivity contribution is 5.93. The minimum Gasteiger partial charge on any atom is -0.484 e. The predicted octanol–water partition coefficient (Wildman–Crippen LogP) is 6.07. The molecule has 0 aliphatic heterocycles. The Labute approximate surface area is 182 Å². The average molecular weight is 414 g/mol. The van der Waals surface area contributed by atoms with Gasteiger partial charge in [-0.05, 0) is 60.7 Å². The van der Waals surface area contributed by atoms with Gasteiger partial charge in [0.1, 0.15) is 11.6 Å². The number of aromatic amines is 1. The number of carbonyl (C=O) groups is 1. The summed E-state index contributed by atoms with van der Waals surface area (Å²) in [6.07, 6.45) is 1.09. The number of rotatable bonds is 7. The number of carbonyl (C=O) groups excluding carboxylic acids is 1. The summed E-state index contributed by atoms with van der Waals surface area (Å²) in [7, 11) is 0. The van der Waals surface area contributed by atoms with Gasteiger partial charge in [0.2, 0.25) is 0 Å². The maximum atomic E-state index is 12.5. The van der Waals surface area contributed by atoms with Crippen LogP contribution in [0.4, 0.5) is 5.69 Å². The zero-order chi connectivity index (χ0) is 21.8. The summed E-state index contributed by atoms with van der Waals surface area (Å²) in [5.74, 6) is 1.78. The SMILES string of the molecule is CCC(C)c1ccc(OCC(=O)Nc2cc(-c3nc4ccccc4[nH]3)ccc2C)cc1. The molecular formula is C26H27N3O2. The fourth-order valence-corrected chi connectivity index (χ4v) is 3.46. The fourth-order valence-electron chi connectivity index (χ4n) is 3.46. The molecule has 1 amide bonds. The first-order valence-corrected chi connectivity index (χ1v) is 10.6. The van der Waals surface area contributed by atoms with Crippen LogP contribution in [0.5, 0.6) is 5.75 Å². The van der Waals surface area contributed by atoms with Crippen LogP contribution >= 0.6 is 0 Å². The highest BCUT2D eigenvalue weighted by Crippen LogP contribution is 2.26. The van der Waals surface area contributed by atoms with Crippen LogP contribution in [0.15, 0.2) is 66.7 Å². The quantitative estimate of drug-likeness (QED) is 0.386. The minimum atomic E-state index is -0.198. The maximum absolute atomic E-state index is 12.5. The number of anilines is 1. The number of aromatic nitrogens is 2. The summed E-state index contributed by atoms with van der Waals surface area (Å²) >= 11 is 0. The highest BCUT2D eigenvalue weighted by atomic mass is 16.5. The van der Waals surface area contributed by atoms with E-state index in [1.807, 2.05) is 61.5 Å². The summed E-state index contributed by atoms with van der Waals surface area (Å²) in [6, 6.07) is 21.8. The lowest BCUT2D eigenvalue weighted by Crippen LogP contribution is -2.20. The molecule has 1 heterocycles. The minimum absolute atomic E-state index is 0.0447. The van der Waals surface area contributed by atoms with Crippen molar-refractivity contribution in [1.29, 1.82) is 0 Å². The third-order valence-corrected chi connectivity index (χ3v) is 5.61. The Morgan fingerprint density at radius 3 is 2.61 bits per heavy atom. The van der Waals surface area contributed by atoms with Crippen molar-refractivity contribution in [3.05, 3.63) is 77.9 Å². The lowest BCUT2D eigenvalue weighted by molar-refractivity contribution is -0.118. The Kier molecular flexibility index (Phi) is 6.03. The smallest absolute Gasteiger partial charge is 0.262 e. The number of benzene rings is 3. The van der Waals surface area contributed by atoms with Gasteiger partial charge in [0.05, 0.1) is 11.0 Å². The molecule has 0 bridgehead atoms. The first-order valence-electron chi connectivity index (χ1n) is 10.6. The molecular weight excluding hydrogens is 386 g/mol. The van der Waals surface area contributed by atoms with Crippen LogP contribution in [0.25, 0.3) is 22.4 Å². The number of nitrogens with one attached hydrogen (secondary N) is 2. The number of nitrogens with zero attached hydrogens (tertiary/aromatic N) is 1. The molecule has 1 aromatic heterocycles. The molecule has 0 spiro atoms. The summed E-state index contributed by atoms with van der Waals surface area (Å²) in [5, 5.41) is 2.96. The molecule has 4 rings (SSSR count). The van der Waals surface area contributed by atoms with Crippen LogP contribution in [0.1, 0.15) is 37.3 Å². The largest absolute Gasteiger partial charge is 0.484 e. The van der Waals surface area contributed by atoms with Crippen LogP contribution in [-0.4, -0.2) is 22.5 Å². The molecule has 4 aromatic rings. The van der Waals surface area contributed by atoms with E-state index in [2.05, 4.69) is 41.3 Å². The second-order valence-electron chi connectivity index (χ2n) is 7.85. The Hall–Kier alpha value is -3.60. The lowest BCUT2D eigenvalue weighted by Gasteiger charge is -2.12. The van der Waals surface area contributed by atoms with Gasteiger partial charge >= 0.3 is 0 Å². The van der Waals surface area contributed by atoms with Crippen LogP contribution in [-0.2, 0) is 4.79 Å². The molecule has 158 valence electrons. The van der Waals surface area contributed by atoms with Crippen molar-refractivity contribution in [2.75, 3.05) is 11.9 Å². The summed E-state index contributed by atoms with van der Waals surface area (Å²) in [5.41, 5.74) is 5.81. The third-order valence-electron chi connectivity index (χ3n) is 5.61. The number of amides is 1. The summed E-state index contributed by atoms with van der Waals surface area (Å²) in [6.45, 7) is 6.29. The van der Waals surface area contributed by atoms with Crippen molar-refractivity contribution in [2.45, 2.75) is 33.1 Å². The van der Waals surface area contributed by atoms with Crippen molar-refractivity contribution in [3.63, 3.8) is 0 Å². The van der Waals surface area contributed by atoms with Gasteiger partial charge in [-0.3, -0.25) is 4.79 Å². The first kappa shape index (κ1) is 20.7. The molecule has 0 aliphatic carbocycles. The zero-order valence-corrected chi connectivity index (χ0v) is 18.1. The number of fused-ring (bicyclic) bond motifs is 1. The number of H-pyrrole nitrogens is 1. The van der Waals surface area contributed by atoms with Crippen LogP contribution in [0.3, 0.4) is 0 Å². The lowest BCUT2D eigenvalue weighted by atomic mass is 9.99. The highest BCUT2D eigenvalue weighted by Gasteiger charge is 2.11. The van der Waals surface area contributed by atoms with Crippen LogP contribution < -0.4 is 10.1 Å². The van der Waals surface area contributed by atoms with Crippen molar-refractivity contribution >= 4 is 22.6 Å². The summed E-state index contributed by atoms with van der Waals surface area (Å²) in [4.78, 5) is 20.5. The topological polar surface area (TPSA) is 67.0 Å². The first-order chi connectivity index (χ1) is 15.0. The molecule has 0 aliphatic rings. The van der Waals surface area contributed by atoms with E-state index < -0.39 is 0 Å². The van der Waals surface area contributed by atoms with Gasteiger partial charge < -0.3 is 15.0 Å². The summed E-state index contributed by atoms with van der Waals surface area (Å²) < 4.78 is 5.67. The standard InChI is InChI=1S/C26H27N3O2/c1-4-17(2)19-11-13-21(14-12-19)31-16-25(30)27-24-15-20(10-9-18(24)3)26-28-22-7-5-6-8-23(22)29-26/h5-15,17H,4,16H2,1-3H3,(H,27,30)(H,28,29). The van der Waals surface area contributed by atoms with E-state index in [4.69, 9.17) is 4.74 Å². The van der Waals surface area contributed by atoms with Crippen molar-refractivity contribution in [1.82, 2.24) is 9.97 Å². The predicted molar refractivity (Wildman–Crippen MR) is 126 cm³/mol. The van der Waals surface area contributed by atoms with Crippen LogP contribution in [0.2, 0.25) is 0 Å².